The van der Waals surface area contributed by atoms with Gasteiger partial charge in [0.15, 0.2) is 0 Å². The molecule has 2 rings (SSSR count). The van der Waals surface area contributed by atoms with E-state index in [1.807, 2.05) is 42.2 Å². The zero-order valence-corrected chi connectivity index (χ0v) is 10.1. The van der Waals surface area contributed by atoms with Gasteiger partial charge in [-0.1, -0.05) is 30.3 Å². The number of hydrogen-bond acceptors (Lipinski definition) is 2. The lowest BCUT2D eigenvalue weighted by molar-refractivity contribution is -0.129. The minimum absolute atomic E-state index is 0. The van der Waals surface area contributed by atoms with E-state index in [0.717, 1.165) is 0 Å². The molecule has 16 heavy (non-hydrogen) atoms. The van der Waals surface area contributed by atoms with Gasteiger partial charge in [-0.2, -0.15) is 0 Å². The minimum Gasteiger partial charge on any atom is -0.334 e. The number of hydrogen-bond donors (Lipinski definition) is 1. The van der Waals surface area contributed by atoms with Gasteiger partial charge in [-0.3, -0.25) is 4.79 Å². The van der Waals surface area contributed by atoms with E-state index in [2.05, 4.69) is 0 Å². The third kappa shape index (κ3) is 2.54. The molecular weight excluding hydrogens is 224 g/mol. The van der Waals surface area contributed by atoms with Gasteiger partial charge in [0, 0.05) is 19.0 Å². The van der Waals surface area contributed by atoms with Crippen LogP contribution < -0.4 is 5.73 Å². The largest absolute Gasteiger partial charge is 0.334 e. The Morgan fingerprint density at radius 3 is 2.50 bits per heavy atom. The molecule has 1 fully saturated rings. The van der Waals surface area contributed by atoms with E-state index in [4.69, 9.17) is 5.73 Å². The molecule has 1 saturated heterocycles. The van der Waals surface area contributed by atoms with E-state index < -0.39 is 0 Å². The normalized spacial score (nSPS) is 21.8. The second-order valence-corrected chi connectivity index (χ2v) is 4.10. The Hall–Kier alpha value is -1.06. The molecule has 1 aromatic rings. The quantitative estimate of drug-likeness (QED) is 0.856. The highest BCUT2D eigenvalue weighted by atomic mass is 35.5. The average molecular weight is 241 g/mol. The third-order valence-corrected chi connectivity index (χ3v) is 2.94. The van der Waals surface area contributed by atoms with Crippen LogP contribution in [0.25, 0.3) is 0 Å². The molecule has 0 radical (unpaired) electrons. The Bertz CT molecular complexity index is 355. The SMILES string of the molecule is CC(c1ccccc1)N1CC(N)CC1=O.Cl. The van der Waals surface area contributed by atoms with Crippen LogP contribution in [-0.2, 0) is 4.79 Å². The molecule has 4 heteroatoms. The van der Waals surface area contributed by atoms with Gasteiger partial charge < -0.3 is 10.6 Å². The minimum atomic E-state index is 0. The summed E-state index contributed by atoms with van der Waals surface area (Å²) in [6.45, 7) is 2.72. The van der Waals surface area contributed by atoms with Gasteiger partial charge >= 0.3 is 0 Å². The fraction of sp³-hybridized carbons (Fsp3) is 0.417. The number of rotatable bonds is 2. The molecule has 2 atom stereocenters. The van der Waals surface area contributed by atoms with Crippen LogP contribution in [0.15, 0.2) is 30.3 Å². The molecule has 0 aromatic heterocycles. The van der Waals surface area contributed by atoms with Crippen LogP contribution in [-0.4, -0.2) is 23.4 Å². The maximum absolute atomic E-state index is 11.6. The van der Waals surface area contributed by atoms with Gasteiger partial charge in [0.05, 0.1) is 6.04 Å². The van der Waals surface area contributed by atoms with Crippen molar-refractivity contribution in [3.63, 3.8) is 0 Å². The fourth-order valence-electron chi connectivity index (χ4n) is 2.05. The van der Waals surface area contributed by atoms with Crippen molar-refractivity contribution >= 4 is 18.3 Å². The van der Waals surface area contributed by atoms with Crippen LogP contribution >= 0.6 is 12.4 Å². The summed E-state index contributed by atoms with van der Waals surface area (Å²) in [6.07, 6.45) is 0.483. The number of likely N-dealkylation sites (tertiary alicyclic amines) is 1. The standard InChI is InChI=1S/C12H16N2O.ClH/c1-9(10-5-3-2-4-6-10)14-8-11(13)7-12(14)15;/h2-6,9,11H,7-8,13H2,1H3;1H. The van der Waals surface area contributed by atoms with Crippen LogP contribution in [0.5, 0.6) is 0 Å². The highest BCUT2D eigenvalue weighted by Crippen LogP contribution is 2.24. The summed E-state index contributed by atoms with van der Waals surface area (Å²) in [5, 5.41) is 0. The molecule has 1 amide bonds. The predicted molar refractivity (Wildman–Crippen MR) is 66.4 cm³/mol. The first-order valence-electron chi connectivity index (χ1n) is 5.28. The summed E-state index contributed by atoms with van der Waals surface area (Å²) in [5.74, 6) is 0.166. The topological polar surface area (TPSA) is 46.3 Å². The molecule has 3 nitrogen and oxygen atoms in total. The number of amides is 1. The summed E-state index contributed by atoms with van der Waals surface area (Å²) >= 11 is 0. The summed E-state index contributed by atoms with van der Waals surface area (Å²) in [5.41, 5.74) is 6.94. The Morgan fingerprint density at radius 2 is 2.00 bits per heavy atom. The van der Waals surface area contributed by atoms with Crippen LogP contribution in [0, 0.1) is 0 Å². The summed E-state index contributed by atoms with van der Waals surface area (Å²) < 4.78 is 0. The lowest BCUT2D eigenvalue weighted by Gasteiger charge is -2.24. The Kier molecular flexibility index (Phi) is 4.33. The van der Waals surface area contributed by atoms with E-state index in [0.29, 0.717) is 13.0 Å². The summed E-state index contributed by atoms with van der Waals surface area (Å²) in [7, 11) is 0. The Labute approximate surface area is 102 Å². The molecule has 2 unspecified atom stereocenters. The second kappa shape index (κ2) is 5.32. The fourth-order valence-corrected chi connectivity index (χ4v) is 2.05. The highest BCUT2D eigenvalue weighted by molar-refractivity contribution is 5.85. The van der Waals surface area contributed by atoms with Gasteiger partial charge in [-0.15, -0.1) is 12.4 Å². The van der Waals surface area contributed by atoms with Crippen molar-refractivity contribution < 1.29 is 4.79 Å². The van der Waals surface area contributed by atoms with Crippen LogP contribution in [0.2, 0.25) is 0 Å². The zero-order chi connectivity index (χ0) is 10.8. The van der Waals surface area contributed by atoms with Gasteiger partial charge in [-0.05, 0) is 12.5 Å². The summed E-state index contributed by atoms with van der Waals surface area (Å²) in [6, 6.07) is 10.2. The molecule has 1 aromatic carbocycles. The van der Waals surface area contributed by atoms with Crippen LogP contribution in [0.4, 0.5) is 0 Å². The average Bonchev–Trinajstić information content (AvgIpc) is 2.58. The van der Waals surface area contributed by atoms with Gasteiger partial charge in [-0.25, -0.2) is 0 Å². The van der Waals surface area contributed by atoms with Crippen molar-refractivity contribution in [1.82, 2.24) is 4.90 Å². The molecule has 88 valence electrons. The Balaban J connectivity index is 0.00000128. The van der Waals surface area contributed by atoms with Gasteiger partial charge in [0.25, 0.3) is 0 Å². The maximum Gasteiger partial charge on any atom is 0.224 e. The molecule has 0 aliphatic carbocycles. The zero-order valence-electron chi connectivity index (χ0n) is 9.30. The van der Waals surface area contributed by atoms with E-state index in [9.17, 15) is 4.79 Å². The van der Waals surface area contributed by atoms with Gasteiger partial charge in [0.2, 0.25) is 5.91 Å². The third-order valence-electron chi connectivity index (χ3n) is 2.94. The molecule has 1 heterocycles. The van der Waals surface area contributed by atoms with Crippen LogP contribution in [0.3, 0.4) is 0 Å². The molecule has 0 spiro atoms. The predicted octanol–water partition coefficient (Wildman–Crippen LogP) is 1.73. The smallest absolute Gasteiger partial charge is 0.224 e. The number of nitrogens with zero attached hydrogens (tertiary/aromatic N) is 1. The monoisotopic (exact) mass is 240 g/mol. The van der Waals surface area contributed by atoms with Crippen molar-refractivity contribution in [3.05, 3.63) is 35.9 Å². The highest BCUT2D eigenvalue weighted by Gasteiger charge is 2.30. The molecule has 1 aliphatic heterocycles. The Morgan fingerprint density at radius 1 is 1.38 bits per heavy atom. The van der Waals surface area contributed by atoms with E-state index in [-0.39, 0.29) is 30.4 Å². The molecule has 1 aliphatic rings. The van der Waals surface area contributed by atoms with E-state index >= 15 is 0 Å². The lowest BCUT2D eigenvalue weighted by atomic mass is 10.1. The molecule has 0 saturated carbocycles. The van der Waals surface area contributed by atoms with Crippen molar-refractivity contribution in [3.8, 4) is 0 Å². The first-order valence-corrected chi connectivity index (χ1v) is 5.28. The number of nitrogens with two attached hydrogens (primary N) is 1. The number of halogens is 1. The first-order chi connectivity index (χ1) is 7.18. The van der Waals surface area contributed by atoms with E-state index in [1.54, 1.807) is 0 Å². The van der Waals surface area contributed by atoms with Crippen molar-refractivity contribution in [2.75, 3.05) is 6.54 Å². The second-order valence-electron chi connectivity index (χ2n) is 4.10. The van der Waals surface area contributed by atoms with Crippen molar-refractivity contribution in [2.24, 2.45) is 5.73 Å². The van der Waals surface area contributed by atoms with Crippen LogP contribution in [0.1, 0.15) is 24.9 Å². The number of carbonyl (C=O) groups excluding carboxylic acids is 1. The van der Waals surface area contributed by atoms with Crippen molar-refractivity contribution in [2.45, 2.75) is 25.4 Å². The molecule has 0 bridgehead atoms. The van der Waals surface area contributed by atoms with E-state index in [1.165, 1.54) is 5.56 Å². The molecule has 2 N–H and O–H groups in total. The lowest BCUT2D eigenvalue weighted by Crippen LogP contribution is -2.30. The van der Waals surface area contributed by atoms with Crippen molar-refractivity contribution in [1.29, 1.82) is 0 Å². The maximum atomic E-state index is 11.6. The van der Waals surface area contributed by atoms with Gasteiger partial charge in [0.1, 0.15) is 0 Å². The number of carbonyl (C=O) groups is 1. The first kappa shape index (κ1) is 13.0. The summed E-state index contributed by atoms with van der Waals surface area (Å²) in [4.78, 5) is 13.5. The number of benzene rings is 1. The molecular formula is C12H17ClN2O.